The summed E-state index contributed by atoms with van der Waals surface area (Å²) < 4.78 is 5.40. The lowest BCUT2D eigenvalue weighted by molar-refractivity contribution is 0.110. The van der Waals surface area contributed by atoms with Crippen molar-refractivity contribution in [1.29, 1.82) is 0 Å². The van der Waals surface area contributed by atoms with Crippen LogP contribution in [0.5, 0.6) is 0 Å². The molecular weight excluding hydrogens is 154 g/mol. The molecule has 62 valence electrons. The zero-order valence-electron chi connectivity index (χ0n) is 6.49. The Labute approximate surface area is 69.7 Å². The molecule has 2 N–H and O–H groups in total. The topological polar surface area (TPSA) is 48.4 Å². The number of furan rings is 1. The molecule has 0 bridgehead atoms. The molecule has 0 amide bonds. The minimum absolute atomic E-state index is 0.314. The Morgan fingerprint density at radius 2 is 2.17 bits per heavy atom. The van der Waals surface area contributed by atoms with Crippen LogP contribution in [0.15, 0.2) is 34.7 Å². The Balaban J connectivity index is 2.47. The molecule has 3 heteroatoms. The summed E-state index contributed by atoms with van der Waals surface area (Å²) in [5, 5.41) is 1.07. The maximum absolute atomic E-state index is 5.40. The molecule has 12 heavy (non-hydrogen) atoms. The van der Waals surface area contributed by atoms with Crippen molar-refractivity contribution < 1.29 is 9.25 Å². The van der Waals surface area contributed by atoms with Crippen molar-refractivity contribution in [2.24, 2.45) is 5.90 Å². The zero-order valence-corrected chi connectivity index (χ0v) is 6.49. The first-order chi connectivity index (χ1) is 5.90. The van der Waals surface area contributed by atoms with Gasteiger partial charge in [-0.1, -0.05) is 18.2 Å². The van der Waals surface area contributed by atoms with E-state index in [1.807, 2.05) is 30.3 Å². The second-order valence-corrected chi connectivity index (χ2v) is 2.56. The highest BCUT2D eigenvalue weighted by atomic mass is 16.6. The van der Waals surface area contributed by atoms with E-state index in [1.165, 1.54) is 0 Å². The lowest BCUT2D eigenvalue weighted by Crippen LogP contribution is -1.96. The minimum Gasteiger partial charge on any atom is -0.459 e. The van der Waals surface area contributed by atoms with E-state index in [4.69, 9.17) is 10.3 Å². The van der Waals surface area contributed by atoms with Gasteiger partial charge in [0.2, 0.25) is 0 Å². The van der Waals surface area contributed by atoms with E-state index in [1.54, 1.807) is 0 Å². The van der Waals surface area contributed by atoms with Gasteiger partial charge < -0.3 is 4.42 Å². The Bertz CT molecular complexity index is 348. The van der Waals surface area contributed by atoms with Gasteiger partial charge in [0.15, 0.2) is 0 Å². The maximum atomic E-state index is 5.40. The molecular formula is C9H9NO2. The maximum Gasteiger partial charge on any atom is 0.134 e. The molecule has 0 spiro atoms. The summed E-state index contributed by atoms with van der Waals surface area (Å²) in [4.78, 5) is 4.46. The predicted molar refractivity (Wildman–Crippen MR) is 45.2 cm³/mol. The van der Waals surface area contributed by atoms with Gasteiger partial charge in [-0.3, -0.25) is 4.84 Å². The number of hydrogen-bond acceptors (Lipinski definition) is 3. The van der Waals surface area contributed by atoms with Gasteiger partial charge in [0.05, 0.1) is 0 Å². The summed E-state index contributed by atoms with van der Waals surface area (Å²) in [7, 11) is 0. The van der Waals surface area contributed by atoms with Crippen molar-refractivity contribution in [2.75, 3.05) is 0 Å². The summed E-state index contributed by atoms with van der Waals surface area (Å²) in [6.07, 6.45) is 0. The first kappa shape index (κ1) is 7.34. The lowest BCUT2D eigenvalue weighted by atomic mass is 10.2. The lowest BCUT2D eigenvalue weighted by Gasteiger charge is -1.89. The van der Waals surface area contributed by atoms with Gasteiger partial charge in [-0.2, -0.15) is 0 Å². The van der Waals surface area contributed by atoms with Crippen LogP contribution in [-0.2, 0) is 11.4 Å². The molecule has 0 fully saturated rings. The molecule has 0 radical (unpaired) electrons. The molecule has 2 aromatic rings. The second kappa shape index (κ2) is 2.97. The normalized spacial score (nSPS) is 10.8. The fourth-order valence-electron chi connectivity index (χ4n) is 1.19. The smallest absolute Gasteiger partial charge is 0.134 e. The number of nitrogens with two attached hydrogens (primary N) is 1. The summed E-state index contributed by atoms with van der Waals surface area (Å²) in [6, 6.07) is 9.71. The van der Waals surface area contributed by atoms with Gasteiger partial charge in [-0.05, 0) is 12.1 Å². The van der Waals surface area contributed by atoms with E-state index in [0.717, 1.165) is 16.7 Å². The van der Waals surface area contributed by atoms with Crippen LogP contribution in [0.25, 0.3) is 11.0 Å². The summed E-state index contributed by atoms with van der Waals surface area (Å²) >= 11 is 0. The van der Waals surface area contributed by atoms with Crippen molar-refractivity contribution in [3.63, 3.8) is 0 Å². The van der Waals surface area contributed by atoms with E-state index in [-0.39, 0.29) is 0 Å². The van der Waals surface area contributed by atoms with Gasteiger partial charge >= 0.3 is 0 Å². The average molecular weight is 163 g/mol. The molecule has 0 aliphatic heterocycles. The van der Waals surface area contributed by atoms with E-state index < -0.39 is 0 Å². The van der Waals surface area contributed by atoms with Crippen molar-refractivity contribution in [3.8, 4) is 0 Å². The van der Waals surface area contributed by atoms with E-state index in [9.17, 15) is 0 Å². The largest absolute Gasteiger partial charge is 0.459 e. The van der Waals surface area contributed by atoms with Gasteiger partial charge in [-0.25, -0.2) is 5.90 Å². The van der Waals surface area contributed by atoms with E-state index in [0.29, 0.717) is 6.61 Å². The van der Waals surface area contributed by atoms with E-state index >= 15 is 0 Å². The number of hydrogen-bond donors (Lipinski definition) is 1. The zero-order chi connectivity index (χ0) is 8.39. The first-order valence-corrected chi connectivity index (χ1v) is 3.69. The number of para-hydroxylation sites is 1. The molecule has 0 atom stereocenters. The third kappa shape index (κ3) is 1.20. The highest BCUT2D eigenvalue weighted by molar-refractivity contribution is 5.77. The van der Waals surface area contributed by atoms with Crippen LogP contribution in [-0.4, -0.2) is 0 Å². The van der Waals surface area contributed by atoms with Gasteiger partial charge in [0, 0.05) is 5.39 Å². The summed E-state index contributed by atoms with van der Waals surface area (Å²) in [5.41, 5.74) is 0.865. The quantitative estimate of drug-likeness (QED) is 0.687. The third-order valence-electron chi connectivity index (χ3n) is 1.70. The molecule has 1 aromatic heterocycles. The second-order valence-electron chi connectivity index (χ2n) is 2.56. The standard InChI is InChI=1S/C9H9NO2/c10-11-6-8-5-7-3-1-2-4-9(7)12-8/h1-5H,6,10H2. The fourth-order valence-corrected chi connectivity index (χ4v) is 1.19. The van der Waals surface area contributed by atoms with Gasteiger partial charge in [0.25, 0.3) is 0 Å². The average Bonchev–Trinajstić information content (AvgIpc) is 2.47. The Hall–Kier alpha value is -1.32. The van der Waals surface area contributed by atoms with Crippen LogP contribution in [0.1, 0.15) is 5.76 Å². The fraction of sp³-hybridized carbons (Fsp3) is 0.111. The number of benzene rings is 1. The Morgan fingerprint density at radius 1 is 1.33 bits per heavy atom. The Morgan fingerprint density at radius 3 is 2.92 bits per heavy atom. The Kier molecular flexibility index (Phi) is 1.81. The minimum atomic E-state index is 0.314. The molecule has 1 heterocycles. The predicted octanol–water partition coefficient (Wildman–Crippen LogP) is 1.82. The molecule has 0 aliphatic carbocycles. The van der Waals surface area contributed by atoms with Crippen LogP contribution < -0.4 is 5.90 Å². The van der Waals surface area contributed by atoms with E-state index in [2.05, 4.69) is 4.84 Å². The third-order valence-corrected chi connectivity index (χ3v) is 1.70. The first-order valence-electron chi connectivity index (χ1n) is 3.69. The molecule has 3 nitrogen and oxygen atoms in total. The van der Waals surface area contributed by atoms with Crippen LogP contribution in [0.3, 0.4) is 0 Å². The molecule has 0 saturated heterocycles. The van der Waals surface area contributed by atoms with Crippen molar-refractivity contribution in [1.82, 2.24) is 0 Å². The molecule has 2 rings (SSSR count). The SMILES string of the molecule is NOCc1cc2ccccc2o1. The monoisotopic (exact) mass is 163 g/mol. The summed E-state index contributed by atoms with van der Waals surface area (Å²) in [6.45, 7) is 0.314. The number of rotatable bonds is 2. The molecule has 0 unspecified atom stereocenters. The van der Waals surface area contributed by atoms with Crippen LogP contribution in [0, 0.1) is 0 Å². The number of fused-ring (bicyclic) bond motifs is 1. The van der Waals surface area contributed by atoms with Crippen molar-refractivity contribution >= 4 is 11.0 Å². The van der Waals surface area contributed by atoms with Crippen molar-refractivity contribution in [2.45, 2.75) is 6.61 Å². The highest BCUT2D eigenvalue weighted by Gasteiger charge is 2.00. The summed E-state index contributed by atoms with van der Waals surface area (Å²) in [5.74, 6) is 5.67. The van der Waals surface area contributed by atoms with Crippen LogP contribution >= 0.6 is 0 Å². The van der Waals surface area contributed by atoms with Crippen LogP contribution in [0.2, 0.25) is 0 Å². The van der Waals surface area contributed by atoms with Gasteiger partial charge in [-0.15, -0.1) is 0 Å². The van der Waals surface area contributed by atoms with Crippen molar-refractivity contribution in [3.05, 3.63) is 36.1 Å². The molecule has 0 saturated carbocycles. The van der Waals surface area contributed by atoms with Crippen LogP contribution in [0.4, 0.5) is 0 Å². The molecule has 1 aromatic carbocycles. The molecule has 0 aliphatic rings. The highest BCUT2D eigenvalue weighted by Crippen LogP contribution is 2.18. The van der Waals surface area contributed by atoms with Gasteiger partial charge in [0.1, 0.15) is 18.0 Å².